The molecule has 0 aromatic heterocycles. The number of esters is 1. The lowest BCUT2D eigenvalue weighted by atomic mass is 9.88. The van der Waals surface area contributed by atoms with Crippen molar-refractivity contribution in [1.82, 2.24) is 4.90 Å². The molecule has 1 aliphatic carbocycles. The van der Waals surface area contributed by atoms with Crippen molar-refractivity contribution in [1.29, 1.82) is 0 Å². The van der Waals surface area contributed by atoms with Crippen LogP contribution in [0.4, 0.5) is 0 Å². The molecule has 5 nitrogen and oxygen atoms in total. The van der Waals surface area contributed by atoms with Gasteiger partial charge in [0.1, 0.15) is 12.4 Å². The van der Waals surface area contributed by atoms with Gasteiger partial charge in [-0.2, -0.15) is 0 Å². The second-order valence-corrected chi connectivity index (χ2v) is 6.78. The van der Waals surface area contributed by atoms with Gasteiger partial charge in [-0.1, -0.05) is 25.3 Å². The molecule has 1 heterocycles. The van der Waals surface area contributed by atoms with Crippen LogP contribution in [-0.2, 0) is 16.1 Å². The molecule has 5 heteroatoms. The largest absolute Gasteiger partial charge is 0.491 e. The Balaban J connectivity index is 1.81. The van der Waals surface area contributed by atoms with Crippen molar-refractivity contribution in [3.63, 3.8) is 0 Å². The van der Waals surface area contributed by atoms with Crippen molar-refractivity contribution in [2.45, 2.75) is 51.6 Å². The van der Waals surface area contributed by atoms with Gasteiger partial charge in [0.25, 0.3) is 0 Å². The third kappa shape index (κ3) is 3.40. The van der Waals surface area contributed by atoms with Crippen molar-refractivity contribution in [2.75, 3.05) is 13.7 Å². The highest BCUT2D eigenvalue weighted by Crippen LogP contribution is 2.31. The average Bonchev–Trinajstić information content (AvgIpc) is 2.80. The number of ether oxygens (including phenoxy) is 2. The van der Waals surface area contributed by atoms with Crippen LogP contribution in [0.5, 0.6) is 5.75 Å². The quantitative estimate of drug-likeness (QED) is 0.781. The number of carbonyl (C=O) groups excluding carboxylic acids is 2. The monoisotopic (exact) mass is 331 g/mol. The van der Waals surface area contributed by atoms with E-state index in [1.807, 2.05) is 17.9 Å². The van der Waals surface area contributed by atoms with Crippen molar-refractivity contribution in [2.24, 2.45) is 5.92 Å². The molecule has 0 unspecified atom stereocenters. The van der Waals surface area contributed by atoms with Crippen LogP contribution in [0.2, 0.25) is 0 Å². The maximum atomic E-state index is 12.9. The van der Waals surface area contributed by atoms with E-state index in [2.05, 4.69) is 0 Å². The van der Waals surface area contributed by atoms with Gasteiger partial charge in [0.2, 0.25) is 5.91 Å². The number of rotatable bonds is 2. The van der Waals surface area contributed by atoms with Crippen molar-refractivity contribution in [3.05, 3.63) is 29.3 Å². The van der Waals surface area contributed by atoms with Crippen LogP contribution in [0.1, 0.15) is 54.9 Å². The molecule has 0 radical (unpaired) electrons. The summed E-state index contributed by atoms with van der Waals surface area (Å²) in [6.07, 6.45) is 5.53. The van der Waals surface area contributed by atoms with Crippen molar-refractivity contribution < 1.29 is 19.1 Å². The van der Waals surface area contributed by atoms with E-state index in [-0.39, 0.29) is 23.8 Å². The smallest absolute Gasteiger partial charge is 0.337 e. The number of benzene rings is 1. The third-order valence-electron chi connectivity index (χ3n) is 5.08. The Kier molecular flexibility index (Phi) is 5.07. The molecule has 0 spiro atoms. The molecular formula is C19H25NO4. The highest BCUT2D eigenvalue weighted by Gasteiger charge is 2.31. The lowest BCUT2D eigenvalue weighted by Crippen LogP contribution is -2.43. The molecule has 24 heavy (non-hydrogen) atoms. The molecule has 1 atom stereocenters. The second-order valence-electron chi connectivity index (χ2n) is 6.78. The minimum Gasteiger partial charge on any atom is -0.491 e. The average molecular weight is 331 g/mol. The van der Waals surface area contributed by atoms with E-state index in [0.717, 1.165) is 31.2 Å². The van der Waals surface area contributed by atoms with Gasteiger partial charge in [-0.05, 0) is 31.9 Å². The maximum absolute atomic E-state index is 12.9. The second kappa shape index (κ2) is 7.24. The minimum absolute atomic E-state index is 0.0217. The van der Waals surface area contributed by atoms with E-state index >= 15 is 0 Å². The zero-order valence-corrected chi connectivity index (χ0v) is 14.4. The molecule has 0 saturated heterocycles. The number of nitrogens with zero attached hydrogens (tertiary/aromatic N) is 1. The van der Waals surface area contributed by atoms with Gasteiger partial charge in [-0.3, -0.25) is 4.79 Å². The van der Waals surface area contributed by atoms with E-state index < -0.39 is 0 Å². The fourth-order valence-corrected chi connectivity index (χ4v) is 3.58. The Morgan fingerprint density at radius 3 is 2.67 bits per heavy atom. The van der Waals surface area contributed by atoms with Crippen LogP contribution in [0, 0.1) is 5.92 Å². The highest BCUT2D eigenvalue weighted by atomic mass is 16.5. The first-order valence-corrected chi connectivity index (χ1v) is 8.74. The zero-order chi connectivity index (χ0) is 17.1. The molecule has 1 fully saturated rings. The third-order valence-corrected chi connectivity index (χ3v) is 5.08. The molecule has 0 N–H and O–H groups in total. The number of fused-ring (bicyclic) bond motifs is 1. The summed E-state index contributed by atoms with van der Waals surface area (Å²) in [5.41, 5.74) is 1.41. The number of amides is 1. The number of hydrogen-bond acceptors (Lipinski definition) is 4. The van der Waals surface area contributed by atoms with Gasteiger partial charge in [0.05, 0.1) is 18.7 Å². The van der Waals surface area contributed by atoms with Crippen LogP contribution in [0.25, 0.3) is 0 Å². The van der Waals surface area contributed by atoms with Crippen molar-refractivity contribution >= 4 is 11.9 Å². The van der Waals surface area contributed by atoms with E-state index in [9.17, 15) is 9.59 Å². The van der Waals surface area contributed by atoms with Gasteiger partial charge in [-0.15, -0.1) is 0 Å². The first-order valence-electron chi connectivity index (χ1n) is 8.74. The molecule has 2 aliphatic rings. The Labute approximate surface area is 142 Å². The molecular weight excluding hydrogens is 306 g/mol. The number of hydrogen-bond donors (Lipinski definition) is 0. The first-order chi connectivity index (χ1) is 11.6. The molecule has 1 saturated carbocycles. The Morgan fingerprint density at radius 2 is 1.96 bits per heavy atom. The van der Waals surface area contributed by atoms with E-state index in [1.165, 1.54) is 13.5 Å². The molecule has 3 rings (SSSR count). The molecule has 1 aromatic rings. The van der Waals surface area contributed by atoms with E-state index in [0.29, 0.717) is 24.5 Å². The molecule has 1 aromatic carbocycles. The van der Waals surface area contributed by atoms with E-state index in [4.69, 9.17) is 9.47 Å². The van der Waals surface area contributed by atoms with Crippen LogP contribution in [-0.4, -0.2) is 36.5 Å². The Morgan fingerprint density at radius 1 is 1.21 bits per heavy atom. The number of carbonyl (C=O) groups is 2. The van der Waals surface area contributed by atoms with Gasteiger partial charge < -0.3 is 14.4 Å². The van der Waals surface area contributed by atoms with Gasteiger partial charge in [0, 0.05) is 18.0 Å². The Hall–Kier alpha value is -2.04. The SMILES string of the molecule is COC(=O)c1ccc2c(c1)OC[C@H](C)N(C(=O)C1CCCCC1)C2. The van der Waals surface area contributed by atoms with Gasteiger partial charge >= 0.3 is 5.97 Å². The summed E-state index contributed by atoms with van der Waals surface area (Å²) in [5, 5.41) is 0. The van der Waals surface area contributed by atoms with Gasteiger partial charge in [-0.25, -0.2) is 4.79 Å². The van der Waals surface area contributed by atoms with Crippen LogP contribution in [0.15, 0.2) is 18.2 Å². The van der Waals surface area contributed by atoms with Crippen LogP contribution >= 0.6 is 0 Å². The predicted molar refractivity (Wildman–Crippen MR) is 89.9 cm³/mol. The zero-order valence-electron chi connectivity index (χ0n) is 14.4. The fourth-order valence-electron chi connectivity index (χ4n) is 3.58. The van der Waals surface area contributed by atoms with Crippen molar-refractivity contribution in [3.8, 4) is 5.75 Å². The maximum Gasteiger partial charge on any atom is 0.337 e. The first kappa shape index (κ1) is 16.8. The normalized spacial score (nSPS) is 21.4. The molecule has 0 bridgehead atoms. The summed E-state index contributed by atoms with van der Waals surface area (Å²) in [6.45, 7) is 3.00. The van der Waals surface area contributed by atoms with E-state index in [1.54, 1.807) is 12.1 Å². The molecule has 130 valence electrons. The lowest BCUT2D eigenvalue weighted by molar-refractivity contribution is -0.139. The summed E-state index contributed by atoms with van der Waals surface area (Å²) >= 11 is 0. The van der Waals surface area contributed by atoms with Crippen LogP contribution in [0.3, 0.4) is 0 Å². The summed E-state index contributed by atoms with van der Waals surface area (Å²) in [7, 11) is 1.36. The topological polar surface area (TPSA) is 55.8 Å². The summed E-state index contributed by atoms with van der Waals surface area (Å²) < 4.78 is 10.6. The number of methoxy groups -OCH3 is 1. The highest BCUT2D eigenvalue weighted by molar-refractivity contribution is 5.90. The van der Waals surface area contributed by atoms with Crippen LogP contribution < -0.4 is 4.74 Å². The molecule has 1 aliphatic heterocycles. The standard InChI is InChI=1S/C19H25NO4/c1-13-12-24-17-10-15(19(22)23-2)8-9-16(17)11-20(13)18(21)14-6-4-3-5-7-14/h8-10,13-14H,3-7,11-12H2,1-2H3/t13-/m0/s1. The Bertz CT molecular complexity index is 622. The van der Waals surface area contributed by atoms with Gasteiger partial charge in [0.15, 0.2) is 0 Å². The summed E-state index contributed by atoms with van der Waals surface area (Å²) in [4.78, 5) is 26.6. The predicted octanol–water partition coefficient (Wildman–Crippen LogP) is 3.16. The summed E-state index contributed by atoms with van der Waals surface area (Å²) in [6, 6.07) is 5.32. The minimum atomic E-state index is -0.381. The summed E-state index contributed by atoms with van der Waals surface area (Å²) in [5.74, 6) is 0.685. The fraction of sp³-hybridized carbons (Fsp3) is 0.579. The molecule has 1 amide bonds. The lowest BCUT2D eigenvalue weighted by Gasteiger charge is -2.32.